The van der Waals surface area contributed by atoms with E-state index in [9.17, 15) is 4.39 Å². The second kappa shape index (κ2) is 6.83. The van der Waals surface area contributed by atoms with Crippen LogP contribution < -0.4 is 11.3 Å². The van der Waals surface area contributed by atoms with Crippen LogP contribution in [-0.2, 0) is 13.0 Å². The predicted molar refractivity (Wildman–Crippen MR) is 77.7 cm³/mol. The van der Waals surface area contributed by atoms with Crippen LogP contribution in [0.5, 0.6) is 0 Å². The fourth-order valence-corrected chi connectivity index (χ4v) is 2.41. The summed E-state index contributed by atoms with van der Waals surface area (Å²) < 4.78 is 15.8. The van der Waals surface area contributed by atoms with Gasteiger partial charge in [-0.3, -0.25) is 16.0 Å². The molecule has 2 aromatic rings. The van der Waals surface area contributed by atoms with E-state index in [-0.39, 0.29) is 11.1 Å². The number of halogens is 2. The number of nitrogens with two attached hydrogens (primary N) is 1. The van der Waals surface area contributed by atoms with Gasteiger partial charge in [-0.15, -0.1) is 0 Å². The minimum absolute atomic E-state index is 0.125. The van der Waals surface area contributed by atoms with Gasteiger partial charge in [-0.25, -0.2) is 4.39 Å². The molecule has 0 spiro atoms. The maximum atomic E-state index is 14.0. The molecule has 1 aromatic heterocycles. The minimum atomic E-state index is -0.393. The van der Waals surface area contributed by atoms with E-state index in [1.165, 1.54) is 6.07 Å². The molecule has 1 atom stereocenters. The molecular formula is C14H18ClFN4. The summed E-state index contributed by atoms with van der Waals surface area (Å²) >= 11 is 5.80. The Morgan fingerprint density at radius 1 is 1.45 bits per heavy atom. The summed E-state index contributed by atoms with van der Waals surface area (Å²) in [4.78, 5) is 0. The van der Waals surface area contributed by atoms with Gasteiger partial charge in [0.25, 0.3) is 0 Å². The lowest BCUT2D eigenvalue weighted by Crippen LogP contribution is -2.31. The Kier molecular flexibility index (Phi) is 5.11. The Bertz CT molecular complexity index is 570. The van der Waals surface area contributed by atoms with Crippen LogP contribution in [0, 0.1) is 5.82 Å². The Hall–Kier alpha value is -1.43. The van der Waals surface area contributed by atoms with E-state index >= 15 is 0 Å². The highest BCUT2D eigenvalue weighted by molar-refractivity contribution is 6.30. The first-order valence-corrected chi connectivity index (χ1v) is 6.95. The van der Waals surface area contributed by atoms with Gasteiger partial charge in [0.1, 0.15) is 5.82 Å². The van der Waals surface area contributed by atoms with Gasteiger partial charge in [0.15, 0.2) is 0 Å². The number of hydrogen-bond donors (Lipinski definition) is 2. The van der Waals surface area contributed by atoms with Gasteiger partial charge >= 0.3 is 0 Å². The molecule has 2 rings (SSSR count). The van der Waals surface area contributed by atoms with Crippen LogP contribution in [0.4, 0.5) is 4.39 Å². The van der Waals surface area contributed by atoms with E-state index in [1.807, 2.05) is 10.7 Å². The summed E-state index contributed by atoms with van der Waals surface area (Å²) in [6.07, 6.45) is 3.11. The van der Waals surface area contributed by atoms with Gasteiger partial charge in [-0.05, 0) is 30.5 Å². The molecule has 0 saturated carbocycles. The van der Waals surface area contributed by atoms with Crippen molar-refractivity contribution in [1.29, 1.82) is 0 Å². The number of nitrogens with zero attached hydrogens (tertiary/aromatic N) is 2. The maximum Gasteiger partial charge on any atom is 0.145 e. The van der Waals surface area contributed by atoms with Gasteiger partial charge in [0, 0.05) is 12.7 Å². The van der Waals surface area contributed by atoms with Crippen molar-refractivity contribution in [2.24, 2.45) is 5.84 Å². The lowest BCUT2D eigenvalue weighted by atomic mass is 10.0. The summed E-state index contributed by atoms with van der Waals surface area (Å²) in [5.74, 6) is 5.23. The molecule has 0 amide bonds. The summed E-state index contributed by atoms with van der Waals surface area (Å²) in [5, 5.41) is 4.38. The number of hydrogen-bond acceptors (Lipinski definition) is 3. The Morgan fingerprint density at radius 2 is 2.25 bits per heavy atom. The van der Waals surface area contributed by atoms with Crippen molar-refractivity contribution in [3.8, 4) is 0 Å². The highest BCUT2D eigenvalue weighted by atomic mass is 35.5. The van der Waals surface area contributed by atoms with Crippen LogP contribution in [0.15, 0.2) is 30.5 Å². The van der Waals surface area contributed by atoms with E-state index < -0.39 is 5.82 Å². The molecule has 0 saturated heterocycles. The molecule has 0 fully saturated rings. The van der Waals surface area contributed by atoms with Crippen LogP contribution in [0.25, 0.3) is 0 Å². The van der Waals surface area contributed by atoms with Crippen LogP contribution in [-0.4, -0.2) is 9.78 Å². The molecule has 0 aliphatic rings. The second-order valence-electron chi connectivity index (χ2n) is 4.62. The number of benzene rings is 1. The molecule has 0 bridgehead atoms. The monoisotopic (exact) mass is 296 g/mol. The molecule has 6 heteroatoms. The number of aryl methyl sites for hydroxylation is 1. The fraction of sp³-hybridized carbons (Fsp3) is 0.357. The zero-order valence-corrected chi connectivity index (χ0v) is 12.1. The zero-order valence-electron chi connectivity index (χ0n) is 11.3. The Balaban J connectivity index is 2.24. The van der Waals surface area contributed by atoms with Crippen molar-refractivity contribution < 1.29 is 4.39 Å². The third-order valence-corrected chi connectivity index (χ3v) is 3.49. The number of nitrogens with one attached hydrogen (secondary N) is 1. The average Bonchev–Trinajstić information content (AvgIpc) is 2.89. The lowest BCUT2D eigenvalue weighted by molar-refractivity contribution is 0.470. The van der Waals surface area contributed by atoms with Crippen molar-refractivity contribution in [1.82, 2.24) is 15.2 Å². The molecule has 4 nitrogen and oxygen atoms in total. The zero-order chi connectivity index (χ0) is 14.5. The Morgan fingerprint density at radius 3 is 2.95 bits per heavy atom. The van der Waals surface area contributed by atoms with E-state index in [1.54, 1.807) is 18.3 Å². The van der Waals surface area contributed by atoms with Crippen LogP contribution in [0.1, 0.15) is 30.6 Å². The molecule has 1 aromatic carbocycles. The summed E-state index contributed by atoms with van der Waals surface area (Å²) in [5.41, 5.74) is 4.20. The summed E-state index contributed by atoms with van der Waals surface area (Å²) in [6, 6.07) is 6.66. The standard InChI is InChI=1S/C14H18ClFN4/c1-2-8-20-13(6-7-18-20)12(19-17)9-10-4-3-5-11(15)14(10)16/h3-7,12,19H,2,8-9,17H2,1H3. The molecular weight excluding hydrogens is 279 g/mol. The topological polar surface area (TPSA) is 55.9 Å². The molecule has 0 aliphatic carbocycles. The summed E-state index contributed by atoms with van der Waals surface area (Å²) in [6.45, 7) is 2.88. The van der Waals surface area contributed by atoms with E-state index in [0.29, 0.717) is 12.0 Å². The van der Waals surface area contributed by atoms with E-state index in [2.05, 4.69) is 17.4 Å². The van der Waals surface area contributed by atoms with Crippen molar-refractivity contribution in [3.63, 3.8) is 0 Å². The molecule has 0 radical (unpaired) electrons. The fourth-order valence-electron chi connectivity index (χ4n) is 2.21. The smallest absolute Gasteiger partial charge is 0.145 e. The molecule has 3 N–H and O–H groups in total. The highest BCUT2D eigenvalue weighted by Crippen LogP contribution is 2.23. The first-order chi connectivity index (χ1) is 9.67. The summed E-state index contributed by atoms with van der Waals surface area (Å²) in [7, 11) is 0. The van der Waals surface area contributed by atoms with Gasteiger partial charge in [0.05, 0.1) is 16.8 Å². The molecule has 108 valence electrons. The SMILES string of the molecule is CCCn1nccc1C(Cc1cccc(Cl)c1F)NN. The van der Waals surface area contributed by atoms with Gasteiger partial charge in [-0.1, -0.05) is 30.7 Å². The quantitative estimate of drug-likeness (QED) is 0.636. The normalized spacial score (nSPS) is 12.6. The highest BCUT2D eigenvalue weighted by Gasteiger charge is 2.18. The first kappa shape index (κ1) is 15.0. The van der Waals surface area contributed by atoms with Crippen molar-refractivity contribution >= 4 is 11.6 Å². The van der Waals surface area contributed by atoms with Crippen LogP contribution in [0.2, 0.25) is 5.02 Å². The average molecular weight is 297 g/mol. The third-order valence-electron chi connectivity index (χ3n) is 3.20. The minimum Gasteiger partial charge on any atom is -0.271 e. The third kappa shape index (κ3) is 3.17. The van der Waals surface area contributed by atoms with Crippen molar-refractivity contribution in [2.45, 2.75) is 32.4 Å². The molecule has 1 unspecified atom stereocenters. The molecule has 0 aliphatic heterocycles. The van der Waals surface area contributed by atoms with E-state index in [4.69, 9.17) is 17.4 Å². The molecule has 20 heavy (non-hydrogen) atoms. The van der Waals surface area contributed by atoms with Crippen LogP contribution in [0.3, 0.4) is 0 Å². The first-order valence-electron chi connectivity index (χ1n) is 6.58. The Labute approximate surface area is 122 Å². The second-order valence-corrected chi connectivity index (χ2v) is 5.02. The van der Waals surface area contributed by atoms with Crippen molar-refractivity contribution in [2.75, 3.05) is 0 Å². The van der Waals surface area contributed by atoms with Gasteiger partial charge in [0.2, 0.25) is 0 Å². The van der Waals surface area contributed by atoms with Crippen LogP contribution >= 0.6 is 11.6 Å². The maximum absolute atomic E-state index is 14.0. The van der Waals surface area contributed by atoms with E-state index in [0.717, 1.165) is 18.7 Å². The predicted octanol–water partition coefficient (Wildman–Crippen LogP) is 2.83. The van der Waals surface area contributed by atoms with Gasteiger partial charge in [-0.2, -0.15) is 5.10 Å². The number of rotatable bonds is 6. The largest absolute Gasteiger partial charge is 0.271 e. The van der Waals surface area contributed by atoms with Crippen molar-refractivity contribution in [3.05, 3.63) is 52.6 Å². The van der Waals surface area contributed by atoms with Gasteiger partial charge < -0.3 is 0 Å². The molecule has 1 heterocycles. The lowest BCUT2D eigenvalue weighted by Gasteiger charge is -2.18. The number of hydrazine groups is 1. The number of aromatic nitrogens is 2.